The molecule has 12 heteroatoms. The van der Waals surface area contributed by atoms with Crippen molar-refractivity contribution in [2.75, 3.05) is 52.5 Å². The van der Waals surface area contributed by atoms with Gasteiger partial charge in [-0.1, -0.05) is 141 Å². The summed E-state index contributed by atoms with van der Waals surface area (Å²) in [5.74, 6) is 2.30. The number of benzene rings is 6. The summed E-state index contributed by atoms with van der Waals surface area (Å²) in [7, 11) is 0. The van der Waals surface area contributed by atoms with Crippen molar-refractivity contribution in [1.82, 2.24) is 30.8 Å². The van der Waals surface area contributed by atoms with E-state index in [2.05, 4.69) is 152 Å². The number of fused-ring (bicyclic) bond motifs is 2. The highest BCUT2D eigenvalue weighted by molar-refractivity contribution is 5.85. The molecule has 6 aromatic carbocycles. The SMILES string of the molecule is C.O=C(NC(CCCc1ccccc1)CCCc1ccccc1)C1CCN(CC(O)COc2cccc3ncccc23)CC1.O=C(NC(CCCc1ccccc1)CCCc1ccccc1)C1CCNCC1.c1cc(OCC2CO2)c2cccnc2c1. The molecule has 0 radical (unpaired) electrons. The third-order valence-electron chi connectivity index (χ3n) is 16.7. The summed E-state index contributed by atoms with van der Waals surface area (Å²) in [6, 6.07) is 62.5. The average Bonchev–Trinajstić information content (AvgIpc) is 4.52. The lowest BCUT2D eigenvalue weighted by Gasteiger charge is -2.33. The summed E-state index contributed by atoms with van der Waals surface area (Å²) in [6.07, 6.45) is 19.5. The first-order chi connectivity index (χ1) is 42.4. The van der Waals surface area contributed by atoms with Crippen molar-refractivity contribution in [3.63, 3.8) is 0 Å². The van der Waals surface area contributed by atoms with Crippen molar-refractivity contribution >= 4 is 33.6 Å². The minimum absolute atomic E-state index is 0. The molecular weight excluding hydrogens is 1080 g/mol. The normalized spacial score (nSPS) is 15.5. The van der Waals surface area contributed by atoms with Crippen LogP contribution in [-0.4, -0.2) is 109 Å². The van der Waals surface area contributed by atoms with E-state index in [9.17, 15) is 14.7 Å². The van der Waals surface area contributed by atoms with Crippen molar-refractivity contribution in [3.05, 3.63) is 217 Å². The molecule has 0 bridgehead atoms. The molecule has 2 amide bonds. The number of rotatable bonds is 28. The number of nitrogens with zero attached hydrogens (tertiary/aromatic N) is 3. The van der Waals surface area contributed by atoms with Crippen molar-refractivity contribution in [1.29, 1.82) is 0 Å². The molecule has 5 heterocycles. The number of aryl methyl sites for hydroxylation is 4. The van der Waals surface area contributed by atoms with Crippen LogP contribution in [0.3, 0.4) is 0 Å². The lowest BCUT2D eigenvalue weighted by molar-refractivity contribution is -0.127. The number of ether oxygens (including phenoxy) is 3. The number of β-amino-alcohol motifs (C(OH)–C–C–N with tert-alkyl or cyclic N) is 1. The van der Waals surface area contributed by atoms with Crippen LogP contribution < -0.4 is 25.4 Å². The summed E-state index contributed by atoms with van der Waals surface area (Å²) in [5, 5.41) is 22.9. The Labute approximate surface area is 517 Å². The Hall–Kier alpha value is -7.48. The van der Waals surface area contributed by atoms with Gasteiger partial charge >= 0.3 is 0 Å². The Morgan fingerprint density at radius 1 is 0.529 bits per heavy atom. The van der Waals surface area contributed by atoms with Crippen LogP contribution in [0.4, 0.5) is 0 Å². The van der Waals surface area contributed by atoms with E-state index in [1.54, 1.807) is 12.4 Å². The van der Waals surface area contributed by atoms with E-state index >= 15 is 0 Å². The second-order valence-corrected chi connectivity index (χ2v) is 23.4. The number of aliphatic hydroxyl groups is 1. The molecule has 4 N–H and O–H groups in total. The van der Waals surface area contributed by atoms with Gasteiger partial charge in [-0.15, -0.1) is 0 Å². The molecule has 3 saturated heterocycles. The first-order valence-electron chi connectivity index (χ1n) is 31.8. The van der Waals surface area contributed by atoms with Crippen LogP contribution in [0.25, 0.3) is 21.8 Å². The maximum absolute atomic E-state index is 13.4. The Morgan fingerprint density at radius 3 is 1.34 bits per heavy atom. The number of nitrogens with one attached hydrogen (secondary N) is 3. The molecule has 8 aromatic rings. The van der Waals surface area contributed by atoms with Crippen LogP contribution in [-0.2, 0) is 40.0 Å². The fourth-order valence-corrected chi connectivity index (χ4v) is 11.8. The molecule has 3 aliphatic heterocycles. The van der Waals surface area contributed by atoms with Crippen LogP contribution in [0, 0.1) is 11.8 Å². The second kappa shape index (κ2) is 36.6. The Bertz CT molecular complexity index is 3090. The molecule has 0 aliphatic carbocycles. The minimum atomic E-state index is -0.601. The highest BCUT2D eigenvalue weighted by Crippen LogP contribution is 2.27. The van der Waals surface area contributed by atoms with E-state index < -0.39 is 6.10 Å². The number of likely N-dealkylation sites (tertiary alicyclic amines) is 1. The van der Waals surface area contributed by atoms with Crippen molar-refractivity contribution in [3.8, 4) is 11.5 Å². The number of carbonyl (C=O) groups is 2. The lowest BCUT2D eigenvalue weighted by atomic mass is 9.94. The number of pyridine rings is 2. The predicted molar refractivity (Wildman–Crippen MR) is 353 cm³/mol. The van der Waals surface area contributed by atoms with Gasteiger partial charge in [0.15, 0.2) is 0 Å². The molecule has 0 spiro atoms. The molecule has 2 unspecified atom stereocenters. The van der Waals surface area contributed by atoms with Gasteiger partial charge in [-0.25, -0.2) is 0 Å². The van der Waals surface area contributed by atoms with Crippen LogP contribution >= 0.6 is 0 Å². The minimum Gasteiger partial charge on any atom is -0.490 e. The van der Waals surface area contributed by atoms with Gasteiger partial charge in [0.1, 0.15) is 36.9 Å². The van der Waals surface area contributed by atoms with Gasteiger partial charge in [-0.3, -0.25) is 19.6 Å². The maximum atomic E-state index is 13.4. The van der Waals surface area contributed by atoms with E-state index in [1.165, 1.54) is 22.3 Å². The van der Waals surface area contributed by atoms with Crippen LogP contribution in [0.2, 0.25) is 0 Å². The molecule has 2 atom stereocenters. The molecule has 3 fully saturated rings. The predicted octanol–water partition coefficient (Wildman–Crippen LogP) is 13.4. The topological polar surface area (TPSA) is 150 Å². The summed E-state index contributed by atoms with van der Waals surface area (Å²) in [5.41, 5.74) is 7.32. The van der Waals surface area contributed by atoms with Gasteiger partial charge in [0.25, 0.3) is 0 Å². The third kappa shape index (κ3) is 23.0. The van der Waals surface area contributed by atoms with Crippen LogP contribution in [0.15, 0.2) is 194 Å². The molecule has 2 aromatic heterocycles. The Balaban J connectivity index is 0.000000189. The highest BCUT2D eigenvalue weighted by atomic mass is 16.6. The number of amides is 2. The number of carbonyl (C=O) groups excluding carboxylic acids is 2. The Morgan fingerprint density at radius 2 is 0.931 bits per heavy atom. The zero-order chi connectivity index (χ0) is 59.2. The summed E-state index contributed by atoms with van der Waals surface area (Å²) >= 11 is 0. The van der Waals surface area contributed by atoms with Gasteiger partial charge < -0.3 is 40.2 Å². The monoisotopic (exact) mass is 1170 g/mol. The third-order valence-corrected chi connectivity index (χ3v) is 16.7. The average molecular weight is 1180 g/mol. The molecule has 11 rings (SSSR count). The first-order valence-corrected chi connectivity index (χ1v) is 31.8. The van der Waals surface area contributed by atoms with Crippen LogP contribution in [0.5, 0.6) is 11.5 Å². The quantitative estimate of drug-likeness (QED) is 0.0349. The number of piperidine rings is 2. The number of aliphatic hydroxyl groups excluding tert-OH is 1. The fourth-order valence-electron chi connectivity index (χ4n) is 11.8. The number of hydrogen-bond donors (Lipinski definition) is 4. The number of epoxide rings is 1. The summed E-state index contributed by atoms with van der Waals surface area (Å²) in [4.78, 5) is 37.0. The van der Waals surface area contributed by atoms with E-state index in [4.69, 9.17) is 14.2 Å². The molecule has 0 saturated carbocycles. The number of hydrogen-bond acceptors (Lipinski definition) is 10. The van der Waals surface area contributed by atoms with Gasteiger partial charge in [0.05, 0.1) is 17.6 Å². The molecule has 12 nitrogen and oxygen atoms in total. The fraction of sp³-hybridized carbons (Fsp3) is 0.413. The van der Waals surface area contributed by atoms with Crippen molar-refractivity contribution in [2.24, 2.45) is 11.8 Å². The lowest BCUT2D eigenvalue weighted by Crippen LogP contribution is -2.46. The zero-order valence-electron chi connectivity index (χ0n) is 50.2. The maximum Gasteiger partial charge on any atom is 0.223 e. The molecule has 3 aliphatic rings. The van der Waals surface area contributed by atoms with Gasteiger partial charge in [0.2, 0.25) is 11.8 Å². The standard InChI is InChI=1S/C37H45N3O3.C25H34N2O.C12H11NO2.CH4/c41-33(28-43-36-21-9-20-35-34(36)19-10-24-38-35)27-40-25-22-31(23-26-40)37(42)39-32(17-7-15-29-11-3-1-4-12-29)18-8-16-30-13-5-2-6-14-30;28-25(23-17-19-26-20-18-23)27-24(15-7-13-21-9-3-1-4-10-21)16-8-14-22-11-5-2-6-12-22;1-4-11-10(3-2-6-13-11)12(5-1)15-8-9-7-14-9;/h1-6,9-14,19-21,24,31-33,41H,7-8,15-18,22-23,25-28H2,(H,39,42);1-6,9-12,23-24,26H,7-8,13-20H2,(H,27,28);1-6,9H,7-8H2;1H4. The summed E-state index contributed by atoms with van der Waals surface area (Å²) < 4.78 is 16.7. The summed E-state index contributed by atoms with van der Waals surface area (Å²) in [6.45, 7) is 5.76. The molecule has 87 heavy (non-hydrogen) atoms. The molecular formula is C75H94N6O6. The van der Waals surface area contributed by atoms with Crippen molar-refractivity contribution < 1.29 is 28.9 Å². The Kier molecular flexibility index (Phi) is 27.6. The van der Waals surface area contributed by atoms with Gasteiger partial charge in [-0.05, 0) is 200 Å². The van der Waals surface area contributed by atoms with E-state index in [0.717, 1.165) is 169 Å². The van der Waals surface area contributed by atoms with Gasteiger partial charge in [0, 0.05) is 53.6 Å². The zero-order valence-corrected chi connectivity index (χ0v) is 50.2. The van der Waals surface area contributed by atoms with Gasteiger partial charge in [-0.2, -0.15) is 0 Å². The van der Waals surface area contributed by atoms with Crippen molar-refractivity contribution in [2.45, 2.75) is 134 Å². The van der Waals surface area contributed by atoms with E-state index in [1.807, 2.05) is 60.7 Å². The second-order valence-electron chi connectivity index (χ2n) is 23.4. The largest absolute Gasteiger partial charge is 0.490 e. The van der Waals surface area contributed by atoms with E-state index in [-0.39, 0.29) is 55.9 Å². The smallest absolute Gasteiger partial charge is 0.223 e. The van der Waals surface area contributed by atoms with Crippen LogP contribution in [0.1, 0.15) is 107 Å². The van der Waals surface area contributed by atoms with E-state index in [0.29, 0.717) is 13.2 Å². The molecule has 460 valence electrons. The first kappa shape index (κ1) is 65.5. The number of aromatic nitrogens is 2. The highest BCUT2D eigenvalue weighted by Gasteiger charge is 2.28.